The summed E-state index contributed by atoms with van der Waals surface area (Å²) in [6, 6.07) is 5.73. The second-order valence-electron chi connectivity index (χ2n) is 3.37. The molecule has 4 N–H and O–H groups in total. The first-order valence-electron chi connectivity index (χ1n) is 4.88. The van der Waals surface area contributed by atoms with Crippen molar-refractivity contribution in [2.75, 3.05) is 11.5 Å². The molecule has 0 unspecified atom stereocenters. The van der Waals surface area contributed by atoms with Crippen LogP contribution in [0, 0.1) is 0 Å². The Labute approximate surface area is 79.9 Å². The molecule has 0 heterocycles. The molecule has 0 aromatic heterocycles. The minimum absolute atomic E-state index is 0.830. The molecule has 0 atom stereocenters. The summed E-state index contributed by atoms with van der Waals surface area (Å²) >= 11 is 0. The van der Waals surface area contributed by atoms with Crippen LogP contribution >= 0.6 is 0 Å². The molecular weight excluding hydrogens is 160 g/mol. The molecule has 0 saturated carbocycles. The predicted molar refractivity (Wildman–Crippen MR) is 58.5 cm³/mol. The zero-order valence-electron chi connectivity index (χ0n) is 8.22. The molecule has 1 aromatic rings. The molecule has 1 rings (SSSR count). The van der Waals surface area contributed by atoms with Crippen LogP contribution < -0.4 is 11.5 Å². The average molecular weight is 178 g/mol. The Morgan fingerprint density at radius 2 is 1.69 bits per heavy atom. The summed E-state index contributed by atoms with van der Waals surface area (Å²) in [7, 11) is 0. The van der Waals surface area contributed by atoms with Crippen molar-refractivity contribution in [1.29, 1.82) is 0 Å². The molecule has 0 aliphatic rings. The SMILES string of the molecule is CCCCCc1c(N)cccc1N. The van der Waals surface area contributed by atoms with E-state index in [0.717, 1.165) is 23.4 Å². The fourth-order valence-corrected chi connectivity index (χ4v) is 1.46. The van der Waals surface area contributed by atoms with Gasteiger partial charge in [-0.3, -0.25) is 0 Å². The van der Waals surface area contributed by atoms with Crippen LogP contribution in [0.2, 0.25) is 0 Å². The summed E-state index contributed by atoms with van der Waals surface area (Å²) < 4.78 is 0. The average Bonchev–Trinajstić information content (AvgIpc) is 2.10. The topological polar surface area (TPSA) is 52.0 Å². The lowest BCUT2D eigenvalue weighted by atomic mass is 10.0. The maximum Gasteiger partial charge on any atom is 0.0367 e. The lowest BCUT2D eigenvalue weighted by Crippen LogP contribution is -1.99. The lowest BCUT2D eigenvalue weighted by Gasteiger charge is -2.07. The van der Waals surface area contributed by atoms with Crippen LogP contribution in [0.5, 0.6) is 0 Å². The van der Waals surface area contributed by atoms with Crippen molar-refractivity contribution in [2.24, 2.45) is 0 Å². The van der Waals surface area contributed by atoms with E-state index in [1.807, 2.05) is 18.2 Å². The molecule has 0 radical (unpaired) electrons. The highest BCUT2D eigenvalue weighted by Gasteiger charge is 2.01. The van der Waals surface area contributed by atoms with Crippen LogP contribution in [0.15, 0.2) is 18.2 Å². The van der Waals surface area contributed by atoms with E-state index in [9.17, 15) is 0 Å². The molecule has 2 nitrogen and oxygen atoms in total. The van der Waals surface area contributed by atoms with Crippen molar-refractivity contribution in [3.63, 3.8) is 0 Å². The summed E-state index contributed by atoms with van der Waals surface area (Å²) in [5.74, 6) is 0. The van der Waals surface area contributed by atoms with Crippen molar-refractivity contribution in [1.82, 2.24) is 0 Å². The zero-order chi connectivity index (χ0) is 9.68. The Bertz CT molecular complexity index is 249. The standard InChI is InChI=1S/C11H18N2/c1-2-3-4-6-9-10(12)7-5-8-11(9)13/h5,7-8H,2-4,6,12-13H2,1H3. The van der Waals surface area contributed by atoms with Crippen LogP contribution in [-0.4, -0.2) is 0 Å². The van der Waals surface area contributed by atoms with Gasteiger partial charge in [0.2, 0.25) is 0 Å². The van der Waals surface area contributed by atoms with Gasteiger partial charge in [-0.15, -0.1) is 0 Å². The largest absolute Gasteiger partial charge is 0.398 e. The smallest absolute Gasteiger partial charge is 0.0367 e. The monoisotopic (exact) mass is 178 g/mol. The third-order valence-electron chi connectivity index (χ3n) is 2.28. The Morgan fingerprint density at radius 1 is 1.08 bits per heavy atom. The third kappa shape index (κ3) is 2.65. The Morgan fingerprint density at radius 3 is 2.23 bits per heavy atom. The number of hydrogen-bond acceptors (Lipinski definition) is 2. The van der Waals surface area contributed by atoms with E-state index in [1.54, 1.807) is 0 Å². The van der Waals surface area contributed by atoms with Gasteiger partial charge in [-0.2, -0.15) is 0 Å². The van der Waals surface area contributed by atoms with Gasteiger partial charge in [-0.25, -0.2) is 0 Å². The second kappa shape index (κ2) is 4.75. The first-order chi connectivity index (χ1) is 6.25. The van der Waals surface area contributed by atoms with Crippen molar-refractivity contribution in [3.8, 4) is 0 Å². The molecule has 0 saturated heterocycles. The van der Waals surface area contributed by atoms with E-state index in [1.165, 1.54) is 19.3 Å². The summed E-state index contributed by atoms with van der Waals surface area (Å²) in [6.45, 7) is 2.19. The van der Waals surface area contributed by atoms with Gasteiger partial charge in [0.05, 0.1) is 0 Å². The number of anilines is 2. The molecule has 2 heteroatoms. The van der Waals surface area contributed by atoms with Gasteiger partial charge in [0.1, 0.15) is 0 Å². The van der Waals surface area contributed by atoms with Crippen LogP contribution in [0.1, 0.15) is 31.7 Å². The van der Waals surface area contributed by atoms with Gasteiger partial charge in [0, 0.05) is 11.4 Å². The normalized spacial score (nSPS) is 10.2. The van der Waals surface area contributed by atoms with Crippen molar-refractivity contribution in [3.05, 3.63) is 23.8 Å². The van der Waals surface area contributed by atoms with Crippen molar-refractivity contribution in [2.45, 2.75) is 32.6 Å². The molecule has 0 spiro atoms. The first-order valence-corrected chi connectivity index (χ1v) is 4.88. The summed E-state index contributed by atoms with van der Waals surface area (Å²) in [4.78, 5) is 0. The van der Waals surface area contributed by atoms with Gasteiger partial charge < -0.3 is 11.5 Å². The number of rotatable bonds is 4. The summed E-state index contributed by atoms with van der Waals surface area (Å²) in [5.41, 5.74) is 14.4. The van der Waals surface area contributed by atoms with Crippen LogP contribution in [0.25, 0.3) is 0 Å². The predicted octanol–water partition coefficient (Wildman–Crippen LogP) is 2.58. The molecule has 0 bridgehead atoms. The maximum atomic E-state index is 5.82. The summed E-state index contributed by atoms with van der Waals surface area (Å²) in [5, 5.41) is 0. The third-order valence-corrected chi connectivity index (χ3v) is 2.28. The zero-order valence-corrected chi connectivity index (χ0v) is 8.22. The number of benzene rings is 1. The number of unbranched alkanes of at least 4 members (excludes halogenated alkanes) is 2. The molecule has 0 fully saturated rings. The first kappa shape index (κ1) is 9.90. The van der Waals surface area contributed by atoms with E-state index in [-0.39, 0.29) is 0 Å². The Balaban J connectivity index is 2.64. The van der Waals surface area contributed by atoms with Gasteiger partial charge in [0.15, 0.2) is 0 Å². The molecule has 1 aromatic carbocycles. The van der Waals surface area contributed by atoms with Gasteiger partial charge in [-0.1, -0.05) is 25.8 Å². The van der Waals surface area contributed by atoms with Crippen LogP contribution in [-0.2, 0) is 6.42 Å². The Kier molecular flexibility index (Phi) is 3.62. The minimum Gasteiger partial charge on any atom is -0.398 e. The van der Waals surface area contributed by atoms with Gasteiger partial charge in [-0.05, 0) is 30.5 Å². The minimum atomic E-state index is 0.830. The van der Waals surface area contributed by atoms with Crippen molar-refractivity contribution >= 4 is 11.4 Å². The molecule has 0 amide bonds. The maximum absolute atomic E-state index is 5.82. The molecular formula is C11H18N2. The van der Waals surface area contributed by atoms with Crippen molar-refractivity contribution < 1.29 is 0 Å². The number of nitrogens with two attached hydrogens (primary N) is 2. The van der Waals surface area contributed by atoms with Crippen LogP contribution in [0.3, 0.4) is 0 Å². The van der Waals surface area contributed by atoms with Gasteiger partial charge >= 0.3 is 0 Å². The fraction of sp³-hybridized carbons (Fsp3) is 0.455. The lowest BCUT2D eigenvalue weighted by molar-refractivity contribution is 0.719. The van der Waals surface area contributed by atoms with E-state index < -0.39 is 0 Å². The van der Waals surface area contributed by atoms with E-state index in [0.29, 0.717) is 0 Å². The van der Waals surface area contributed by atoms with E-state index in [2.05, 4.69) is 6.92 Å². The summed E-state index contributed by atoms with van der Waals surface area (Å²) in [6.07, 6.45) is 4.65. The molecule has 0 aliphatic heterocycles. The number of nitrogen functional groups attached to an aromatic ring is 2. The van der Waals surface area contributed by atoms with E-state index in [4.69, 9.17) is 11.5 Å². The van der Waals surface area contributed by atoms with Gasteiger partial charge in [0.25, 0.3) is 0 Å². The van der Waals surface area contributed by atoms with E-state index >= 15 is 0 Å². The molecule has 0 aliphatic carbocycles. The quantitative estimate of drug-likeness (QED) is 0.550. The highest BCUT2D eigenvalue weighted by atomic mass is 14.6. The number of hydrogen-bond donors (Lipinski definition) is 2. The second-order valence-corrected chi connectivity index (χ2v) is 3.37. The molecule has 13 heavy (non-hydrogen) atoms. The fourth-order valence-electron chi connectivity index (χ4n) is 1.46. The highest BCUT2D eigenvalue weighted by Crippen LogP contribution is 2.21. The van der Waals surface area contributed by atoms with Crippen LogP contribution in [0.4, 0.5) is 11.4 Å². The Hall–Kier alpha value is -1.18. The highest BCUT2D eigenvalue weighted by molar-refractivity contribution is 5.61. The molecule has 72 valence electrons.